The molecule has 2 heteroatoms. The Bertz CT molecular complexity index is 445. The quantitative estimate of drug-likeness (QED) is 0.708. The first kappa shape index (κ1) is 9.91. The molecule has 1 fully saturated rings. The highest BCUT2D eigenvalue weighted by Gasteiger charge is 2.19. The molecule has 3 rings (SSSR count). The zero-order valence-electron chi connectivity index (χ0n) is 9.76. The fraction of sp³-hybridized carbons (Fsp3) is 0.429. The van der Waals surface area contributed by atoms with E-state index in [1.807, 2.05) is 0 Å². The van der Waals surface area contributed by atoms with Crippen molar-refractivity contribution in [1.29, 1.82) is 0 Å². The van der Waals surface area contributed by atoms with Crippen LogP contribution in [0.1, 0.15) is 24.3 Å². The lowest BCUT2D eigenvalue weighted by molar-refractivity contribution is 0.255. The molecule has 3 heterocycles. The number of rotatable bonds is 1. The molecule has 2 aromatic rings. The number of hydrogen-bond donors (Lipinski definition) is 0. The van der Waals surface area contributed by atoms with Gasteiger partial charge in [0.1, 0.15) is 0 Å². The molecular weight excluding hydrogens is 196 g/mol. The molecule has 2 aromatic heterocycles. The highest BCUT2D eigenvalue weighted by molar-refractivity contribution is 5.51. The highest BCUT2D eigenvalue weighted by Crippen LogP contribution is 2.28. The fourth-order valence-electron chi connectivity index (χ4n) is 2.64. The highest BCUT2D eigenvalue weighted by atomic mass is 15.1. The summed E-state index contributed by atoms with van der Waals surface area (Å²) in [5.41, 5.74) is 2.83. The molecule has 0 N–H and O–H groups in total. The maximum Gasteiger partial charge on any atom is 0.0452 e. The molecular formula is C14H18N2. The maximum absolute atomic E-state index is 2.42. The third-order valence-electron chi connectivity index (χ3n) is 3.72. The first-order valence-electron chi connectivity index (χ1n) is 6.08. The normalized spacial score (nSPS) is 19.3. The first-order valence-corrected chi connectivity index (χ1v) is 6.08. The average Bonchev–Trinajstić information content (AvgIpc) is 2.73. The van der Waals surface area contributed by atoms with Gasteiger partial charge in [-0.1, -0.05) is 6.07 Å². The van der Waals surface area contributed by atoms with E-state index in [1.165, 1.54) is 37.0 Å². The fourth-order valence-corrected chi connectivity index (χ4v) is 2.64. The Balaban J connectivity index is 1.88. The van der Waals surface area contributed by atoms with Crippen molar-refractivity contribution in [3.05, 3.63) is 42.2 Å². The predicted octanol–water partition coefficient (Wildman–Crippen LogP) is 2.75. The summed E-state index contributed by atoms with van der Waals surface area (Å²) in [5, 5.41) is 0. The van der Waals surface area contributed by atoms with Crippen LogP contribution >= 0.6 is 0 Å². The monoisotopic (exact) mass is 214 g/mol. The van der Waals surface area contributed by atoms with Gasteiger partial charge in [-0.3, -0.25) is 0 Å². The van der Waals surface area contributed by atoms with Gasteiger partial charge in [-0.05, 0) is 62.7 Å². The number of hydrogen-bond acceptors (Lipinski definition) is 1. The lowest BCUT2D eigenvalue weighted by Crippen LogP contribution is -2.29. The summed E-state index contributed by atoms with van der Waals surface area (Å²) >= 11 is 0. The van der Waals surface area contributed by atoms with Gasteiger partial charge < -0.3 is 9.30 Å². The van der Waals surface area contributed by atoms with Crippen molar-refractivity contribution in [2.24, 2.45) is 0 Å². The Morgan fingerprint density at radius 2 is 2.00 bits per heavy atom. The van der Waals surface area contributed by atoms with Crippen LogP contribution in [0, 0.1) is 0 Å². The maximum atomic E-state index is 2.42. The molecule has 0 aromatic carbocycles. The zero-order chi connectivity index (χ0) is 11.0. The Morgan fingerprint density at radius 1 is 1.19 bits per heavy atom. The van der Waals surface area contributed by atoms with Crippen LogP contribution in [0.2, 0.25) is 0 Å². The lowest BCUT2D eigenvalue weighted by Gasteiger charge is -2.28. The van der Waals surface area contributed by atoms with Crippen molar-refractivity contribution in [1.82, 2.24) is 9.30 Å². The zero-order valence-corrected chi connectivity index (χ0v) is 9.76. The van der Waals surface area contributed by atoms with Gasteiger partial charge >= 0.3 is 0 Å². The molecule has 0 radical (unpaired) electrons. The van der Waals surface area contributed by atoms with E-state index in [0.29, 0.717) is 0 Å². The minimum Gasteiger partial charge on any atom is -0.324 e. The van der Waals surface area contributed by atoms with Crippen LogP contribution in [0.3, 0.4) is 0 Å². The number of likely N-dealkylation sites (tertiary alicyclic amines) is 1. The van der Waals surface area contributed by atoms with Gasteiger partial charge in [-0.2, -0.15) is 0 Å². The second kappa shape index (κ2) is 3.95. The summed E-state index contributed by atoms with van der Waals surface area (Å²) in [6, 6.07) is 8.72. The molecule has 0 amide bonds. The smallest absolute Gasteiger partial charge is 0.0452 e. The third kappa shape index (κ3) is 1.74. The van der Waals surface area contributed by atoms with Gasteiger partial charge in [0.25, 0.3) is 0 Å². The summed E-state index contributed by atoms with van der Waals surface area (Å²) in [6.45, 7) is 2.47. The summed E-state index contributed by atoms with van der Waals surface area (Å²) < 4.78 is 2.23. The van der Waals surface area contributed by atoms with Crippen LogP contribution in [0.5, 0.6) is 0 Å². The molecule has 0 unspecified atom stereocenters. The molecule has 16 heavy (non-hydrogen) atoms. The van der Waals surface area contributed by atoms with Crippen molar-refractivity contribution < 1.29 is 0 Å². The molecule has 1 aliphatic rings. The van der Waals surface area contributed by atoms with Gasteiger partial charge in [-0.15, -0.1) is 0 Å². The number of pyridine rings is 1. The van der Waals surface area contributed by atoms with E-state index in [9.17, 15) is 0 Å². The van der Waals surface area contributed by atoms with E-state index in [0.717, 1.165) is 5.92 Å². The number of piperidine rings is 1. The van der Waals surface area contributed by atoms with Gasteiger partial charge in [0.15, 0.2) is 0 Å². The summed E-state index contributed by atoms with van der Waals surface area (Å²) in [4.78, 5) is 2.42. The van der Waals surface area contributed by atoms with Crippen LogP contribution in [0.4, 0.5) is 0 Å². The number of aromatic nitrogens is 1. The molecule has 0 atom stereocenters. The summed E-state index contributed by atoms with van der Waals surface area (Å²) in [7, 11) is 2.21. The van der Waals surface area contributed by atoms with E-state index in [1.54, 1.807) is 0 Å². The Hall–Kier alpha value is -1.28. The van der Waals surface area contributed by atoms with Crippen LogP contribution in [0.25, 0.3) is 5.52 Å². The Labute approximate surface area is 96.5 Å². The molecule has 0 aliphatic carbocycles. The Kier molecular flexibility index (Phi) is 2.44. The van der Waals surface area contributed by atoms with E-state index >= 15 is 0 Å². The predicted molar refractivity (Wildman–Crippen MR) is 66.9 cm³/mol. The van der Waals surface area contributed by atoms with Gasteiger partial charge in [0.2, 0.25) is 0 Å². The van der Waals surface area contributed by atoms with Crippen molar-refractivity contribution in [2.75, 3.05) is 20.1 Å². The first-order chi connectivity index (χ1) is 7.83. The minimum absolute atomic E-state index is 0.760. The molecule has 0 spiro atoms. The summed E-state index contributed by atoms with van der Waals surface area (Å²) in [6.07, 6.45) is 7.03. The SMILES string of the molecule is CN1CCC(c2cc3ccccn3c2)CC1. The van der Waals surface area contributed by atoms with Crippen LogP contribution in [0.15, 0.2) is 36.7 Å². The molecule has 1 aliphatic heterocycles. The second-order valence-corrected chi connectivity index (χ2v) is 4.88. The van der Waals surface area contributed by atoms with Gasteiger partial charge in [0, 0.05) is 17.9 Å². The van der Waals surface area contributed by atoms with Crippen molar-refractivity contribution in [3.63, 3.8) is 0 Å². The molecule has 0 bridgehead atoms. The standard InChI is InChI=1S/C14H18N2/c1-15-8-5-12(6-9-15)13-10-14-4-2-3-7-16(14)11-13/h2-4,7,10-12H,5-6,8-9H2,1H3. The topological polar surface area (TPSA) is 7.65 Å². The van der Waals surface area contributed by atoms with E-state index in [2.05, 4.69) is 53.0 Å². The van der Waals surface area contributed by atoms with Crippen molar-refractivity contribution in [3.8, 4) is 0 Å². The van der Waals surface area contributed by atoms with Crippen LogP contribution < -0.4 is 0 Å². The average molecular weight is 214 g/mol. The van der Waals surface area contributed by atoms with Crippen LogP contribution in [-0.4, -0.2) is 29.4 Å². The second-order valence-electron chi connectivity index (χ2n) is 4.88. The Morgan fingerprint density at radius 3 is 2.75 bits per heavy atom. The van der Waals surface area contributed by atoms with E-state index < -0.39 is 0 Å². The van der Waals surface area contributed by atoms with E-state index in [-0.39, 0.29) is 0 Å². The largest absolute Gasteiger partial charge is 0.324 e. The van der Waals surface area contributed by atoms with Gasteiger partial charge in [-0.25, -0.2) is 0 Å². The molecule has 2 nitrogen and oxygen atoms in total. The number of nitrogens with zero attached hydrogens (tertiary/aromatic N) is 2. The van der Waals surface area contributed by atoms with Crippen LogP contribution in [-0.2, 0) is 0 Å². The molecule has 0 saturated carbocycles. The number of fused-ring (bicyclic) bond motifs is 1. The minimum atomic E-state index is 0.760. The lowest BCUT2D eigenvalue weighted by atomic mass is 9.91. The third-order valence-corrected chi connectivity index (χ3v) is 3.72. The van der Waals surface area contributed by atoms with Gasteiger partial charge in [0.05, 0.1) is 0 Å². The molecule has 84 valence electrons. The summed E-state index contributed by atoms with van der Waals surface area (Å²) in [5.74, 6) is 0.760. The van der Waals surface area contributed by atoms with Crippen molar-refractivity contribution >= 4 is 5.52 Å². The van der Waals surface area contributed by atoms with Crippen molar-refractivity contribution in [2.45, 2.75) is 18.8 Å². The molecule has 1 saturated heterocycles. The van der Waals surface area contributed by atoms with E-state index in [4.69, 9.17) is 0 Å².